The van der Waals surface area contributed by atoms with E-state index in [9.17, 15) is 13.2 Å². The topological polar surface area (TPSA) is 78.5 Å². The summed E-state index contributed by atoms with van der Waals surface area (Å²) in [4.78, 5) is 15.1. The number of amides is 1. The van der Waals surface area contributed by atoms with Crippen molar-refractivity contribution in [1.29, 1.82) is 0 Å². The summed E-state index contributed by atoms with van der Waals surface area (Å²) in [5.41, 5.74) is 0.929. The zero-order chi connectivity index (χ0) is 19.1. The minimum atomic E-state index is -3.50. The van der Waals surface area contributed by atoms with Crippen molar-refractivity contribution in [2.45, 2.75) is 10.6 Å². The molecule has 2 aromatic carbocycles. The first-order chi connectivity index (χ1) is 13.1. The third-order valence-corrected chi connectivity index (χ3v) is 6.31. The smallest absolute Gasteiger partial charge is 0.251 e. The molecule has 1 saturated heterocycles. The molecule has 1 heterocycles. The molecule has 152 valence electrons. The predicted molar refractivity (Wildman–Crippen MR) is 113 cm³/mol. The lowest BCUT2D eigenvalue weighted by molar-refractivity contribution is 0.0946. The van der Waals surface area contributed by atoms with Gasteiger partial charge in [-0.2, -0.15) is 0 Å². The molecule has 1 fully saturated rings. The Morgan fingerprint density at radius 1 is 1.00 bits per heavy atom. The summed E-state index contributed by atoms with van der Waals surface area (Å²) in [6.07, 6.45) is 0. The zero-order valence-electron chi connectivity index (χ0n) is 15.6. The Labute approximate surface area is 172 Å². The van der Waals surface area contributed by atoms with E-state index in [-0.39, 0.29) is 29.0 Å². The highest BCUT2D eigenvalue weighted by molar-refractivity contribution is 7.90. The van der Waals surface area contributed by atoms with Crippen LogP contribution in [0.2, 0.25) is 0 Å². The van der Waals surface area contributed by atoms with E-state index in [2.05, 4.69) is 15.5 Å². The number of nitrogens with one attached hydrogen (secondary N) is 2. The Balaban J connectivity index is 0.00000280. The highest BCUT2D eigenvalue weighted by atomic mass is 35.5. The molecule has 0 unspecified atom stereocenters. The SMILES string of the molecule is Cl.O=C(NCCN1CCNCC1)c1ccccc1CS(=O)(=O)c1ccccc1. The van der Waals surface area contributed by atoms with Crippen molar-refractivity contribution in [3.05, 3.63) is 65.7 Å². The molecule has 3 rings (SSSR count). The maximum absolute atomic E-state index is 12.7. The van der Waals surface area contributed by atoms with Gasteiger partial charge in [0.25, 0.3) is 5.91 Å². The number of nitrogens with zero attached hydrogens (tertiary/aromatic N) is 1. The van der Waals surface area contributed by atoms with Crippen LogP contribution in [0.25, 0.3) is 0 Å². The molecule has 0 aromatic heterocycles. The van der Waals surface area contributed by atoms with Crippen molar-refractivity contribution in [2.24, 2.45) is 0 Å². The molecule has 8 heteroatoms. The van der Waals surface area contributed by atoms with Gasteiger partial charge in [0.05, 0.1) is 10.6 Å². The van der Waals surface area contributed by atoms with Gasteiger partial charge in [-0.25, -0.2) is 8.42 Å². The third-order valence-electron chi connectivity index (χ3n) is 4.63. The van der Waals surface area contributed by atoms with Crippen LogP contribution in [-0.2, 0) is 15.6 Å². The number of carbonyl (C=O) groups excluding carboxylic acids is 1. The molecule has 6 nitrogen and oxygen atoms in total. The maximum Gasteiger partial charge on any atom is 0.251 e. The number of hydrogen-bond acceptors (Lipinski definition) is 5. The number of halogens is 1. The van der Waals surface area contributed by atoms with Gasteiger partial charge >= 0.3 is 0 Å². The lowest BCUT2D eigenvalue weighted by Crippen LogP contribution is -2.46. The van der Waals surface area contributed by atoms with Crippen LogP contribution in [0.4, 0.5) is 0 Å². The normalized spacial score (nSPS) is 14.9. The van der Waals surface area contributed by atoms with Gasteiger partial charge in [-0.1, -0.05) is 36.4 Å². The fraction of sp³-hybridized carbons (Fsp3) is 0.350. The van der Waals surface area contributed by atoms with Crippen molar-refractivity contribution in [1.82, 2.24) is 15.5 Å². The van der Waals surface area contributed by atoms with Crippen molar-refractivity contribution in [3.63, 3.8) is 0 Å². The lowest BCUT2D eigenvalue weighted by Gasteiger charge is -2.27. The van der Waals surface area contributed by atoms with Gasteiger partial charge in [-0.15, -0.1) is 12.4 Å². The Hall–Kier alpha value is -1.93. The maximum atomic E-state index is 12.7. The first-order valence-corrected chi connectivity index (χ1v) is 10.8. The standard InChI is InChI=1S/C20H25N3O3S.ClH/c24-20(22-12-15-23-13-10-21-11-14-23)19-9-5-4-6-17(19)16-27(25,26)18-7-2-1-3-8-18;/h1-9,21H,10-16H2,(H,22,24);1H. The second-order valence-electron chi connectivity index (χ2n) is 6.58. The number of piperazine rings is 1. The van der Waals surface area contributed by atoms with E-state index in [4.69, 9.17) is 0 Å². The van der Waals surface area contributed by atoms with Crippen LogP contribution in [-0.4, -0.2) is 58.5 Å². The predicted octanol–water partition coefficient (Wildman–Crippen LogP) is 1.72. The second kappa shape index (κ2) is 10.6. The summed E-state index contributed by atoms with van der Waals surface area (Å²) >= 11 is 0. The van der Waals surface area contributed by atoms with E-state index in [1.54, 1.807) is 54.6 Å². The highest BCUT2D eigenvalue weighted by Crippen LogP contribution is 2.19. The molecule has 1 amide bonds. The number of carbonyl (C=O) groups is 1. The Morgan fingerprint density at radius 2 is 1.64 bits per heavy atom. The molecular weight excluding hydrogens is 398 g/mol. The molecule has 0 bridgehead atoms. The fourth-order valence-electron chi connectivity index (χ4n) is 3.14. The van der Waals surface area contributed by atoms with Crippen LogP contribution in [0, 0.1) is 0 Å². The van der Waals surface area contributed by atoms with E-state index >= 15 is 0 Å². The van der Waals surface area contributed by atoms with Gasteiger partial charge in [0.15, 0.2) is 9.84 Å². The summed E-state index contributed by atoms with van der Waals surface area (Å²) in [7, 11) is -3.50. The van der Waals surface area contributed by atoms with Crippen molar-refractivity contribution in [3.8, 4) is 0 Å². The Morgan fingerprint density at radius 3 is 2.36 bits per heavy atom. The van der Waals surface area contributed by atoms with Gasteiger partial charge in [0.1, 0.15) is 0 Å². The number of rotatable bonds is 7. The number of benzene rings is 2. The molecule has 28 heavy (non-hydrogen) atoms. The monoisotopic (exact) mass is 423 g/mol. The van der Waals surface area contributed by atoms with Crippen LogP contribution in [0.5, 0.6) is 0 Å². The first-order valence-electron chi connectivity index (χ1n) is 9.13. The van der Waals surface area contributed by atoms with Gasteiger partial charge in [-0.3, -0.25) is 9.69 Å². The van der Waals surface area contributed by atoms with Crippen molar-refractivity contribution >= 4 is 28.2 Å². The molecule has 1 aliphatic rings. The van der Waals surface area contributed by atoms with E-state index in [1.807, 2.05) is 0 Å². The molecule has 0 aliphatic carbocycles. The molecule has 0 radical (unpaired) electrons. The van der Waals surface area contributed by atoms with Crippen LogP contribution in [0.15, 0.2) is 59.5 Å². The number of hydrogen-bond donors (Lipinski definition) is 2. The molecule has 2 N–H and O–H groups in total. The van der Waals surface area contributed by atoms with Gasteiger partial charge in [0.2, 0.25) is 0 Å². The van der Waals surface area contributed by atoms with Crippen molar-refractivity contribution < 1.29 is 13.2 Å². The average molecular weight is 424 g/mol. The summed E-state index contributed by atoms with van der Waals surface area (Å²) in [6, 6.07) is 15.2. The van der Waals surface area contributed by atoms with Crippen LogP contribution >= 0.6 is 12.4 Å². The molecule has 0 saturated carbocycles. The second-order valence-corrected chi connectivity index (χ2v) is 8.57. The molecule has 0 atom stereocenters. The zero-order valence-corrected chi connectivity index (χ0v) is 17.3. The Kier molecular flexibility index (Phi) is 8.44. The summed E-state index contributed by atoms with van der Waals surface area (Å²) < 4.78 is 25.3. The largest absolute Gasteiger partial charge is 0.351 e. The molecule has 0 spiro atoms. The van der Waals surface area contributed by atoms with E-state index in [1.165, 1.54) is 0 Å². The average Bonchev–Trinajstić information content (AvgIpc) is 2.69. The minimum Gasteiger partial charge on any atom is -0.351 e. The minimum absolute atomic E-state index is 0. The first kappa shape index (κ1) is 22.4. The summed E-state index contributed by atoms with van der Waals surface area (Å²) in [5.74, 6) is -0.428. The van der Waals surface area contributed by atoms with Crippen LogP contribution < -0.4 is 10.6 Å². The van der Waals surface area contributed by atoms with Crippen molar-refractivity contribution in [2.75, 3.05) is 39.3 Å². The van der Waals surface area contributed by atoms with E-state index < -0.39 is 9.84 Å². The number of sulfone groups is 1. The summed E-state index contributed by atoms with van der Waals surface area (Å²) in [6.45, 7) is 5.21. The molecule has 2 aromatic rings. The molecular formula is C20H26ClN3O3S. The van der Waals surface area contributed by atoms with Gasteiger partial charge in [0, 0.05) is 44.8 Å². The van der Waals surface area contributed by atoms with E-state index in [0.29, 0.717) is 17.7 Å². The Bertz CT molecular complexity index is 869. The fourth-order valence-corrected chi connectivity index (χ4v) is 4.54. The van der Waals surface area contributed by atoms with Crippen LogP contribution in [0.1, 0.15) is 15.9 Å². The quantitative estimate of drug-likeness (QED) is 0.709. The van der Waals surface area contributed by atoms with Crippen LogP contribution in [0.3, 0.4) is 0 Å². The summed E-state index contributed by atoms with van der Waals surface area (Å²) in [5, 5.41) is 6.21. The van der Waals surface area contributed by atoms with E-state index in [0.717, 1.165) is 32.7 Å². The lowest BCUT2D eigenvalue weighted by atomic mass is 10.1. The van der Waals surface area contributed by atoms with Gasteiger partial charge < -0.3 is 10.6 Å². The molecule has 1 aliphatic heterocycles. The highest BCUT2D eigenvalue weighted by Gasteiger charge is 2.19. The van der Waals surface area contributed by atoms with Gasteiger partial charge in [-0.05, 0) is 23.8 Å². The third kappa shape index (κ3) is 6.04.